The highest BCUT2D eigenvalue weighted by molar-refractivity contribution is 6.74. The van der Waals surface area contributed by atoms with Gasteiger partial charge in [-0.05, 0) is 23.7 Å². The van der Waals surface area contributed by atoms with Gasteiger partial charge in [-0.2, -0.15) is 0 Å². The fraction of sp³-hybridized carbons (Fsp3) is 0.667. The van der Waals surface area contributed by atoms with Gasteiger partial charge in [0.1, 0.15) is 18.3 Å². The van der Waals surface area contributed by atoms with Crippen molar-refractivity contribution < 1.29 is 33.6 Å². The molecule has 1 heterocycles. The Balaban J connectivity index is 2.34. The van der Waals surface area contributed by atoms with E-state index in [-0.39, 0.29) is 18.3 Å². The Kier molecular flexibility index (Phi) is 8.00. The first-order valence-electron chi connectivity index (χ1n) is 9.91. The lowest BCUT2D eigenvalue weighted by Crippen LogP contribution is -2.64. The summed E-state index contributed by atoms with van der Waals surface area (Å²) in [5.41, 5.74) is 0.949. The number of hydrogen-bond acceptors (Lipinski definition) is 7. The van der Waals surface area contributed by atoms with Crippen LogP contribution in [-0.4, -0.2) is 61.8 Å². The SMILES string of the molecule is CC(=O)O[C@@H]1[C@@H](O[Si](C)(C)C(C)(C)C)[C@H](OCc2ccccc2)[C@@H](CO)O[C@H]1O. The molecule has 0 spiro atoms. The maximum atomic E-state index is 11.7. The van der Waals surface area contributed by atoms with Gasteiger partial charge in [0.15, 0.2) is 20.7 Å². The number of aliphatic hydroxyl groups excluding tert-OH is 2. The molecule has 1 aliphatic rings. The van der Waals surface area contributed by atoms with Crippen LogP contribution >= 0.6 is 0 Å². The van der Waals surface area contributed by atoms with Crippen molar-refractivity contribution in [2.45, 2.75) is 83.1 Å². The molecule has 0 unspecified atom stereocenters. The molecular weight excluding hydrogens is 392 g/mol. The number of carbonyl (C=O) groups is 1. The smallest absolute Gasteiger partial charge is 0.303 e. The van der Waals surface area contributed by atoms with Crippen LogP contribution in [0.3, 0.4) is 0 Å². The molecule has 1 aliphatic heterocycles. The molecule has 0 amide bonds. The molecule has 1 saturated heterocycles. The van der Waals surface area contributed by atoms with Gasteiger partial charge in [-0.25, -0.2) is 0 Å². The fourth-order valence-corrected chi connectivity index (χ4v) is 4.28. The Morgan fingerprint density at radius 1 is 1.14 bits per heavy atom. The standard InChI is InChI=1S/C21H34O7Si/c1-14(23)26-19-18(28-29(5,6)21(2,3)4)17(16(12-22)27-20(19)24)25-13-15-10-8-7-9-11-15/h7-11,16-20,22,24H,12-13H2,1-6H3/t16-,17-,18+,19-,20-/m1/s1. The first-order valence-corrected chi connectivity index (χ1v) is 12.8. The summed E-state index contributed by atoms with van der Waals surface area (Å²) in [5.74, 6) is -0.550. The first-order chi connectivity index (χ1) is 13.5. The minimum Gasteiger partial charge on any atom is -0.454 e. The minimum atomic E-state index is -2.33. The second-order valence-electron chi connectivity index (χ2n) is 8.93. The largest absolute Gasteiger partial charge is 0.454 e. The summed E-state index contributed by atoms with van der Waals surface area (Å²) in [6, 6.07) is 9.60. The molecule has 29 heavy (non-hydrogen) atoms. The number of hydrogen-bond donors (Lipinski definition) is 2. The van der Waals surface area contributed by atoms with Crippen molar-refractivity contribution in [3.63, 3.8) is 0 Å². The van der Waals surface area contributed by atoms with Crippen LogP contribution in [0.1, 0.15) is 33.3 Å². The Labute approximate surface area is 174 Å². The summed E-state index contributed by atoms with van der Waals surface area (Å²) in [5, 5.41) is 20.2. The van der Waals surface area contributed by atoms with Crippen LogP contribution in [-0.2, 0) is 30.0 Å². The molecule has 1 aromatic carbocycles. The van der Waals surface area contributed by atoms with E-state index in [2.05, 4.69) is 33.9 Å². The van der Waals surface area contributed by atoms with Crippen LogP contribution in [0.15, 0.2) is 30.3 Å². The summed E-state index contributed by atoms with van der Waals surface area (Å²) in [7, 11) is -2.33. The molecule has 2 rings (SSSR count). The fourth-order valence-electron chi connectivity index (χ4n) is 2.98. The van der Waals surface area contributed by atoms with Gasteiger partial charge >= 0.3 is 5.97 Å². The van der Waals surface area contributed by atoms with Gasteiger partial charge in [-0.15, -0.1) is 0 Å². The maximum absolute atomic E-state index is 11.7. The molecule has 2 N–H and O–H groups in total. The zero-order chi connectivity index (χ0) is 21.8. The lowest BCUT2D eigenvalue weighted by atomic mass is 9.98. The van der Waals surface area contributed by atoms with Gasteiger partial charge in [0, 0.05) is 6.92 Å². The van der Waals surface area contributed by atoms with Gasteiger partial charge in [0.05, 0.1) is 13.2 Å². The zero-order valence-electron chi connectivity index (χ0n) is 18.1. The number of rotatable bonds is 7. The molecule has 0 aromatic heterocycles. The molecule has 1 aromatic rings. The van der Waals surface area contributed by atoms with E-state index in [4.69, 9.17) is 18.6 Å². The Hall–Kier alpha value is -1.29. The van der Waals surface area contributed by atoms with E-state index < -0.39 is 45.0 Å². The van der Waals surface area contributed by atoms with E-state index in [1.807, 2.05) is 30.3 Å². The molecule has 5 atom stereocenters. The van der Waals surface area contributed by atoms with E-state index in [0.717, 1.165) is 5.56 Å². The second-order valence-corrected chi connectivity index (χ2v) is 13.7. The summed E-state index contributed by atoms with van der Waals surface area (Å²) < 4.78 is 23.6. The predicted octanol–water partition coefficient (Wildman–Crippen LogP) is 2.60. The van der Waals surface area contributed by atoms with E-state index in [0.29, 0.717) is 0 Å². The average molecular weight is 427 g/mol. The highest BCUT2D eigenvalue weighted by Gasteiger charge is 2.52. The van der Waals surface area contributed by atoms with Gasteiger partial charge < -0.3 is 28.8 Å². The number of aliphatic hydroxyl groups is 2. The second kappa shape index (κ2) is 9.68. The monoisotopic (exact) mass is 426 g/mol. The molecule has 1 fully saturated rings. The number of benzene rings is 1. The van der Waals surface area contributed by atoms with Crippen molar-refractivity contribution in [2.75, 3.05) is 6.61 Å². The first kappa shape index (κ1) is 24.0. The van der Waals surface area contributed by atoms with Crippen LogP contribution in [0.25, 0.3) is 0 Å². The molecule has 0 saturated carbocycles. The summed E-state index contributed by atoms with van der Waals surface area (Å²) in [4.78, 5) is 11.7. The van der Waals surface area contributed by atoms with E-state index >= 15 is 0 Å². The third-order valence-electron chi connectivity index (χ3n) is 5.61. The molecule has 0 aliphatic carbocycles. The average Bonchev–Trinajstić information content (AvgIpc) is 2.63. The van der Waals surface area contributed by atoms with E-state index in [1.165, 1.54) is 6.92 Å². The van der Waals surface area contributed by atoms with Crippen LogP contribution in [0, 0.1) is 0 Å². The van der Waals surface area contributed by atoms with Crippen molar-refractivity contribution in [3.8, 4) is 0 Å². The third-order valence-corrected chi connectivity index (χ3v) is 10.1. The quantitative estimate of drug-likeness (QED) is 0.511. The van der Waals surface area contributed by atoms with Crippen LogP contribution in [0.2, 0.25) is 18.1 Å². The van der Waals surface area contributed by atoms with Crippen LogP contribution < -0.4 is 0 Å². The topological polar surface area (TPSA) is 94.5 Å². The molecule has 164 valence electrons. The Bertz CT molecular complexity index is 659. The van der Waals surface area contributed by atoms with Gasteiger partial charge in [-0.1, -0.05) is 51.1 Å². The summed E-state index contributed by atoms with van der Waals surface area (Å²) >= 11 is 0. The van der Waals surface area contributed by atoms with Crippen molar-refractivity contribution in [2.24, 2.45) is 0 Å². The highest BCUT2D eigenvalue weighted by Crippen LogP contribution is 2.40. The van der Waals surface area contributed by atoms with Gasteiger partial charge in [0.2, 0.25) is 0 Å². The van der Waals surface area contributed by atoms with Gasteiger partial charge in [0.25, 0.3) is 0 Å². The summed E-state index contributed by atoms with van der Waals surface area (Å²) in [6.07, 6.45) is -4.77. The summed E-state index contributed by atoms with van der Waals surface area (Å²) in [6.45, 7) is 11.6. The number of carbonyl (C=O) groups excluding carboxylic acids is 1. The Morgan fingerprint density at radius 2 is 1.76 bits per heavy atom. The lowest BCUT2D eigenvalue weighted by Gasteiger charge is -2.48. The third kappa shape index (κ3) is 6.10. The maximum Gasteiger partial charge on any atom is 0.303 e. The predicted molar refractivity (Wildman–Crippen MR) is 111 cm³/mol. The normalized spacial score (nSPS) is 28.2. The Morgan fingerprint density at radius 3 is 2.28 bits per heavy atom. The van der Waals surface area contributed by atoms with Crippen molar-refractivity contribution in [3.05, 3.63) is 35.9 Å². The van der Waals surface area contributed by atoms with Crippen LogP contribution in [0.4, 0.5) is 0 Å². The molecule has 8 heteroatoms. The zero-order valence-corrected chi connectivity index (χ0v) is 19.1. The minimum absolute atomic E-state index is 0.115. The van der Waals surface area contributed by atoms with E-state index in [9.17, 15) is 15.0 Å². The molecule has 7 nitrogen and oxygen atoms in total. The highest BCUT2D eigenvalue weighted by atomic mass is 28.4. The molecule has 0 bridgehead atoms. The lowest BCUT2D eigenvalue weighted by molar-refractivity contribution is -0.296. The van der Waals surface area contributed by atoms with E-state index in [1.54, 1.807) is 0 Å². The van der Waals surface area contributed by atoms with Gasteiger partial charge in [-0.3, -0.25) is 4.79 Å². The van der Waals surface area contributed by atoms with Crippen molar-refractivity contribution >= 4 is 14.3 Å². The van der Waals surface area contributed by atoms with Crippen molar-refractivity contribution in [1.82, 2.24) is 0 Å². The number of esters is 1. The van der Waals surface area contributed by atoms with Crippen LogP contribution in [0.5, 0.6) is 0 Å². The molecular formula is C21H34O7Si. The van der Waals surface area contributed by atoms with Crippen molar-refractivity contribution in [1.29, 1.82) is 0 Å². The molecule has 0 radical (unpaired) electrons. The number of ether oxygens (including phenoxy) is 3.